The summed E-state index contributed by atoms with van der Waals surface area (Å²) < 4.78 is 49.4. The van der Waals surface area contributed by atoms with Gasteiger partial charge < -0.3 is 14.8 Å². The minimum Gasteiger partial charge on any atom is -0.492 e. The maximum Gasteiger partial charge on any atom is 0.416 e. The molecule has 1 amide bonds. The summed E-state index contributed by atoms with van der Waals surface area (Å²) in [6.45, 7) is 2.48. The van der Waals surface area contributed by atoms with E-state index in [0.717, 1.165) is 11.6 Å². The molecule has 3 aromatic carbocycles. The molecule has 1 N–H and O–H groups in total. The Morgan fingerprint density at radius 1 is 1.03 bits per heavy atom. The number of ether oxygens (including phenoxy) is 2. The minimum absolute atomic E-state index is 0.122. The van der Waals surface area contributed by atoms with Crippen LogP contribution in [0.5, 0.6) is 17.2 Å². The fourth-order valence-corrected chi connectivity index (χ4v) is 2.86. The molecule has 0 aromatic heterocycles. The zero-order chi connectivity index (χ0) is 24.0. The number of hydrogen-bond donors (Lipinski definition) is 1. The number of carbonyl (C=O) groups is 1. The molecule has 0 aliphatic carbocycles. The number of aryl methyl sites for hydroxylation is 1. The lowest BCUT2D eigenvalue weighted by Gasteiger charge is -2.11. The van der Waals surface area contributed by atoms with E-state index in [1.165, 1.54) is 24.3 Å². The third-order valence-electron chi connectivity index (χ3n) is 4.47. The number of hydrogen-bond acceptors (Lipinski definition) is 5. The van der Waals surface area contributed by atoms with Crippen LogP contribution in [-0.4, -0.2) is 24.0 Å². The number of nitrogens with one attached hydrogen (secondary N) is 1. The second kappa shape index (κ2) is 10.0. The van der Waals surface area contributed by atoms with Crippen LogP contribution in [0, 0.1) is 17.0 Å². The van der Waals surface area contributed by atoms with Crippen molar-refractivity contribution < 1.29 is 32.4 Å². The first-order valence-corrected chi connectivity index (χ1v) is 9.75. The molecule has 0 spiro atoms. The standard InChI is InChI=1S/C23H19F3N2O5/c1-15-3-2-4-19(13-15)32-12-11-27-22(29)16-5-8-18(9-6-16)33-21-10-7-17(23(24,25)26)14-20(21)28(30)31/h2-10,13-14H,11-12H2,1H3,(H,27,29). The van der Waals surface area contributed by atoms with Crippen molar-refractivity contribution in [2.45, 2.75) is 13.1 Å². The molecule has 3 aromatic rings. The van der Waals surface area contributed by atoms with Crippen molar-refractivity contribution in [1.29, 1.82) is 0 Å². The number of carbonyl (C=O) groups excluding carboxylic acids is 1. The summed E-state index contributed by atoms with van der Waals surface area (Å²) in [4.78, 5) is 22.5. The van der Waals surface area contributed by atoms with E-state index < -0.39 is 22.4 Å². The molecular weight excluding hydrogens is 441 g/mol. The number of rotatable bonds is 8. The lowest BCUT2D eigenvalue weighted by atomic mass is 10.1. The van der Waals surface area contributed by atoms with E-state index in [9.17, 15) is 28.1 Å². The molecular formula is C23H19F3N2O5. The van der Waals surface area contributed by atoms with Gasteiger partial charge in [-0.3, -0.25) is 14.9 Å². The quantitative estimate of drug-likeness (QED) is 0.271. The van der Waals surface area contributed by atoms with Gasteiger partial charge in [0.1, 0.15) is 18.1 Å². The highest BCUT2D eigenvalue weighted by atomic mass is 19.4. The fraction of sp³-hybridized carbons (Fsp3) is 0.174. The van der Waals surface area contributed by atoms with Crippen LogP contribution in [0.1, 0.15) is 21.5 Å². The summed E-state index contributed by atoms with van der Waals surface area (Å²) in [5.74, 6) is 0.105. The molecule has 7 nitrogen and oxygen atoms in total. The normalized spacial score (nSPS) is 11.0. The van der Waals surface area contributed by atoms with Crippen molar-refractivity contribution in [2.24, 2.45) is 0 Å². The minimum atomic E-state index is -4.72. The first-order chi connectivity index (χ1) is 15.6. The Morgan fingerprint density at radius 2 is 1.76 bits per heavy atom. The number of benzene rings is 3. The lowest BCUT2D eigenvalue weighted by molar-refractivity contribution is -0.385. The van der Waals surface area contributed by atoms with E-state index >= 15 is 0 Å². The summed E-state index contributed by atoms with van der Waals surface area (Å²) in [7, 11) is 0. The van der Waals surface area contributed by atoms with Gasteiger partial charge in [-0.25, -0.2) is 0 Å². The fourth-order valence-electron chi connectivity index (χ4n) is 2.86. The van der Waals surface area contributed by atoms with E-state index in [1.807, 2.05) is 31.2 Å². The smallest absolute Gasteiger partial charge is 0.416 e. The zero-order valence-corrected chi connectivity index (χ0v) is 17.4. The molecule has 0 unspecified atom stereocenters. The maximum atomic E-state index is 12.8. The van der Waals surface area contributed by atoms with Gasteiger partial charge >= 0.3 is 11.9 Å². The van der Waals surface area contributed by atoms with E-state index in [1.54, 1.807) is 0 Å². The van der Waals surface area contributed by atoms with Gasteiger partial charge in [0.05, 0.1) is 17.0 Å². The van der Waals surface area contributed by atoms with E-state index in [0.29, 0.717) is 23.4 Å². The molecule has 0 atom stereocenters. The van der Waals surface area contributed by atoms with Crippen molar-refractivity contribution in [3.8, 4) is 17.2 Å². The van der Waals surface area contributed by atoms with Gasteiger partial charge in [-0.05, 0) is 61.0 Å². The molecule has 0 radical (unpaired) electrons. The second-order valence-electron chi connectivity index (χ2n) is 6.98. The van der Waals surface area contributed by atoms with Gasteiger partial charge in [0.2, 0.25) is 5.75 Å². The molecule has 0 heterocycles. The lowest BCUT2D eigenvalue weighted by Crippen LogP contribution is -2.28. The summed E-state index contributed by atoms with van der Waals surface area (Å²) in [5.41, 5.74) is -0.611. The zero-order valence-electron chi connectivity index (χ0n) is 17.4. The molecule has 0 aliphatic rings. The number of alkyl halides is 3. The molecule has 0 saturated heterocycles. The molecule has 3 rings (SSSR count). The van der Waals surface area contributed by atoms with Crippen molar-refractivity contribution in [2.75, 3.05) is 13.2 Å². The van der Waals surface area contributed by atoms with E-state index in [4.69, 9.17) is 9.47 Å². The average Bonchev–Trinajstić information content (AvgIpc) is 2.76. The third-order valence-corrected chi connectivity index (χ3v) is 4.47. The maximum absolute atomic E-state index is 12.8. The molecule has 33 heavy (non-hydrogen) atoms. The second-order valence-corrected chi connectivity index (χ2v) is 6.98. The van der Waals surface area contributed by atoms with Gasteiger partial charge in [0.25, 0.3) is 5.91 Å². The van der Waals surface area contributed by atoms with Crippen molar-refractivity contribution in [3.63, 3.8) is 0 Å². The van der Waals surface area contributed by atoms with Crippen molar-refractivity contribution in [1.82, 2.24) is 5.32 Å². The van der Waals surface area contributed by atoms with Crippen LogP contribution in [0.2, 0.25) is 0 Å². The monoisotopic (exact) mass is 460 g/mol. The van der Waals surface area contributed by atoms with E-state index in [-0.39, 0.29) is 30.6 Å². The van der Waals surface area contributed by atoms with Crippen LogP contribution >= 0.6 is 0 Å². The Hall–Kier alpha value is -4.08. The molecule has 172 valence electrons. The van der Waals surface area contributed by atoms with E-state index in [2.05, 4.69) is 5.32 Å². The summed E-state index contributed by atoms with van der Waals surface area (Å²) in [6, 6.07) is 15.1. The van der Waals surface area contributed by atoms with Gasteiger partial charge in [-0.1, -0.05) is 12.1 Å². The Labute approximate surface area is 186 Å². The Bertz CT molecular complexity index is 1150. The molecule has 0 aliphatic heterocycles. The molecule has 0 bridgehead atoms. The number of nitro groups is 1. The SMILES string of the molecule is Cc1cccc(OCCNC(=O)c2ccc(Oc3ccc(C(F)(F)F)cc3[N+](=O)[O-])cc2)c1. The number of nitrogens with zero attached hydrogens (tertiary/aromatic N) is 1. The van der Waals surface area contributed by atoms with Crippen LogP contribution < -0.4 is 14.8 Å². The van der Waals surface area contributed by atoms with Crippen LogP contribution in [0.3, 0.4) is 0 Å². The van der Waals surface area contributed by atoms with Gasteiger partial charge in [-0.2, -0.15) is 13.2 Å². The first kappa shape index (κ1) is 23.6. The molecule has 10 heteroatoms. The number of amides is 1. The van der Waals surface area contributed by atoms with Crippen molar-refractivity contribution >= 4 is 11.6 Å². The van der Waals surface area contributed by atoms with Crippen LogP contribution in [0.25, 0.3) is 0 Å². The third kappa shape index (κ3) is 6.45. The molecule has 0 saturated carbocycles. The average molecular weight is 460 g/mol. The topological polar surface area (TPSA) is 90.7 Å². The summed E-state index contributed by atoms with van der Waals surface area (Å²) in [6.07, 6.45) is -4.72. The highest BCUT2D eigenvalue weighted by molar-refractivity contribution is 5.94. The largest absolute Gasteiger partial charge is 0.492 e. The van der Waals surface area contributed by atoms with Gasteiger partial charge in [-0.15, -0.1) is 0 Å². The van der Waals surface area contributed by atoms with Crippen LogP contribution in [-0.2, 0) is 6.18 Å². The highest BCUT2D eigenvalue weighted by Gasteiger charge is 2.33. The first-order valence-electron chi connectivity index (χ1n) is 9.75. The number of nitro benzene ring substituents is 1. The van der Waals surface area contributed by atoms with Crippen LogP contribution in [0.4, 0.5) is 18.9 Å². The highest BCUT2D eigenvalue weighted by Crippen LogP contribution is 2.37. The summed E-state index contributed by atoms with van der Waals surface area (Å²) in [5, 5.41) is 13.9. The van der Waals surface area contributed by atoms with Crippen molar-refractivity contribution in [3.05, 3.63) is 93.5 Å². The van der Waals surface area contributed by atoms with Gasteiger partial charge in [0, 0.05) is 11.6 Å². The predicted molar refractivity (Wildman–Crippen MR) is 114 cm³/mol. The Morgan fingerprint density at radius 3 is 2.39 bits per heavy atom. The molecule has 0 fully saturated rings. The Kier molecular flexibility index (Phi) is 7.17. The Balaban J connectivity index is 1.58. The van der Waals surface area contributed by atoms with Gasteiger partial charge in [0.15, 0.2) is 0 Å². The number of halogens is 3. The summed E-state index contributed by atoms with van der Waals surface area (Å²) >= 11 is 0. The van der Waals surface area contributed by atoms with Crippen LogP contribution in [0.15, 0.2) is 66.7 Å². The predicted octanol–water partition coefficient (Wildman–Crippen LogP) is 5.52.